The molecule has 3 atom stereocenters. The number of hydrogen-bond acceptors (Lipinski definition) is 2. The van der Waals surface area contributed by atoms with Crippen molar-refractivity contribution in [1.82, 2.24) is 9.80 Å². The fourth-order valence-corrected chi connectivity index (χ4v) is 4.51. The highest BCUT2D eigenvalue weighted by atomic mass is 16.2. The van der Waals surface area contributed by atoms with Gasteiger partial charge in [0.1, 0.15) is 0 Å². The summed E-state index contributed by atoms with van der Waals surface area (Å²) in [5.41, 5.74) is 0. The molecule has 1 saturated heterocycles. The van der Waals surface area contributed by atoms with E-state index >= 15 is 0 Å². The van der Waals surface area contributed by atoms with Gasteiger partial charge >= 0.3 is 0 Å². The first-order chi connectivity index (χ1) is 10.1. The van der Waals surface area contributed by atoms with E-state index in [4.69, 9.17) is 0 Å². The van der Waals surface area contributed by atoms with Crippen LogP contribution >= 0.6 is 0 Å². The third kappa shape index (κ3) is 2.95. The Morgan fingerprint density at radius 1 is 0.952 bits per heavy atom. The first-order valence-electron chi connectivity index (χ1n) is 8.64. The SMILES string of the molecule is CC(C)C(=O)N1CCCN(C(=O)[C@@H]2C[C@@H]3CC[C@@H]2C3)CC1. The molecule has 1 aliphatic heterocycles. The molecular formula is C17H28N2O2. The van der Waals surface area contributed by atoms with E-state index in [2.05, 4.69) is 0 Å². The Labute approximate surface area is 127 Å². The van der Waals surface area contributed by atoms with Gasteiger partial charge in [0.15, 0.2) is 0 Å². The highest BCUT2D eigenvalue weighted by Crippen LogP contribution is 2.48. The molecule has 1 heterocycles. The van der Waals surface area contributed by atoms with Crippen LogP contribution in [-0.2, 0) is 9.59 Å². The molecule has 0 radical (unpaired) electrons. The summed E-state index contributed by atoms with van der Waals surface area (Å²) in [6.45, 7) is 6.97. The lowest BCUT2D eigenvalue weighted by atomic mass is 9.87. The fourth-order valence-electron chi connectivity index (χ4n) is 4.51. The second kappa shape index (κ2) is 5.98. The van der Waals surface area contributed by atoms with E-state index < -0.39 is 0 Å². The van der Waals surface area contributed by atoms with Crippen molar-refractivity contribution >= 4 is 11.8 Å². The van der Waals surface area contributed by atoms with Gasteiger partial charge in [-0.3, -0.25) is 9.59 Å². The number of hydrogen-bond donors (Lipinski definition) is 0. The summed E-state index contributed by atoms with van der Waals surface area (Å²) in [4.78, 5) is 28.9. The molecule has 0 aromatic rings. The van der Waals surface area contributed by atoms with Crippen molar-refractivity contribution in [3.63, 3.8) is 0 Å². The van der Waals surface area contributed by atoms with Gasteiger partial charge in [0.25, 0.3) is 0 Å². The van der Waals surface area contributed by atoms with Gasteiger partial charge in [0.2, 0.25) is 11.8 Å². The predicted molar refractivity (Wildman–Crippen MR) is 81.6 cm³/mol. The smallest absolute Gasteiger partial charge is 0.226 e. The van der Waals surface area contributed by atoms with E-state index in [1.807, 2.05) is 23.6 Å². The van der Waals surface area contributed by atoms with E-state index in [0.29, 0.717) is 18.4 Å². The summed E-state index contributed by atoms with van der Waals surface area (Å²) in [7, 11) is 0. The Kier molecular flexibility index (Phi) is 4.23. The first kappa shape index (κ1) is 14.9. The molecule has 0 aromatic heterocycles. The van der Waals surface area contributed by atoms with Crippen LogP contribution in [0.2, 0.25) is 0 Å². The molecular weight excluding hydrogens is 264 g/mol. The molecule has 0 spiro atoms. The van der Waals surface area contributed by atoms with Crippen molar-refractivity contribution in [2.24, 2.45) is 23.7 Å². The Morgan fingerprint density at radius 3 is 2.29 bits per heavy atom. The zero-order valence-electron chi connectivity index (χ0n) is 13.4. The highest BCUT2D eigenvalue weighted by molar-refractivity contribution is 5.80. The van der Waals surface area contributed by atoms with Crippen LogP contribution < -0.4 is 0 Å². The summed E-state index contributed by atoms with van der Waals surface area (Å²) in [5, 5.41) is 0. The lowest BCUT2D eigenvalue weighted by molar-refractivity contribution is -0.138. The number of rotatable bonds is 2. The van der Waals surface area contributed by atoms with E-state index in [1.165, 1.54) is 19.3 Å². The number of carbonyl (C=O) groups is 2. The zero-order chi connectivity index (χ0) is 15.0. The van der Waals surface area contributed by atoms with Crippen molar-refractivity contribution in [2.75, 3.05) is 26.2 Å². The van der Waals surface area contributed by atoms with Crippen LogP contribution in [-0.4, -0.2) is 47.8 Å². The molecule has 2 aliphatic carbocycles. The Hall–Kier alpha value is -1.06. The van der Waals surface area contributed by atoms with E-state index in [0.717, 1.165) is 38.4 Å². The van der Waals surface area contributed by atoms with Crippen LogP contribution in [0.1, 0.15) is 46.0 Å². The Morgan fingerprint density at radius 2 is 1.67 bits per heavy atom. The summed E-state index contributed by atoms with van der Waals surface area (Å²) in [5.74, 6) is 2.41. The van der Waals surface area contributed by atoms with Crippen LogP contribution in [0, 0.1) is 23.7 Å². The predicted octanol–water partition coefficient (Wildman–Crippen LogP) is 2.14. The molecule has 4 heteroatoms. The van der Waals surface area contributed by atoms with Gasteiger partial charge in [-0.1, -0.05) is 20.3 Å². The lowest BCUT2D eigenvalue weighted by Crippen LogP contribution is -2.41. The maximum absolute atomic E-state index is 12.8. The molecule has 118 valence electrons. The van der Waals surface area contributed by atoms with Gasteiger partial charge in [0, 0.05) is 38.0 Å². The third-order valence-electron chi connectivity index (χ3n) is 5.67. The maximum Gasteiger partial charge on any atom is 0.226 e. The monoisotopic (exact) mass is 292 g/mol. The minimum absolute atomic E-state index is 0.0535. The fraction of sp³-hybridized carbons (Fsp3) is 0.882. The molecule has 2 bridgehead atoms. The van der Waals surface area contributed by atoms with Crippen LogP contribution in [0.4, 0.5) is 0 Å². The zero-order valence-corrected chi connectivity index (χ0v) is 13.4. The van der Waals surface area contributed by atoms with Crippen molar-refractivity contribution in [1.29, 1.82) is 0 Å². The largest absolute Gasteiger partial charge is 0.341 e. The molecule has 3 rings (SSSR count). The van der Waals surface area contributed by atoms with E-state index in [1.54, 1.807) is 0 Å². The number of carbonyl (C=O) groups excluding carboxylic acids is 2. The van der Waals surface area contributed by atoms with Gasteiger partial charge in [-0.15, -0.1) is 0 Å². The second-order valence-corrected chi connectivity index (χ2v) is 7.44. The van der Waals surface area contributed by atoms with Crippen molar-refractivity contribution in [2.45, 2.75) is 46.0 Å². The van der Waals surface area contributed by atoms with Crippen molar-refractivity contribution < 1.29 is 9.59 Å². The average molecular weight is 292 g/mol. The second-order valence-electron chi connectivity index (χ2n) is 7.44. The molecule has 3 fully saturated rings. The van der Waals surface area contributed by atoms with Crippen LogP contribution in [0.25, 0.3) is 0 Å². The lowest BCUT2D eigenvalue weighted by Gasteiger charge is -2.28. The van der Waals surface area contributed by atoms with Gasteiger partial charge in [-0.05, 0) is 37.5 Å². The summed E-state index contributed by atoms with van der Waals surface area (Å²) in [6, 6.07) is 0. The van der Waals surface area contributed by atoms with Crippen LogP contribution in [0.3, 0.4) is 0 Å². The number of amides is 2. The third-order valence-corrected chi connectivity index (χ3v) is 5.67. The highest BCUT2D eigenvalue weighted by Gasteiger charge is 2.44. The minimum Gasteiger partial charge on any atom is -0.341 e. The average Bonchev–Trinajstić information content (AvgIpc) is 3.01. The first-order valence-corrected chi connectivity index (χ1v) is 8.64. The van der Waals surface area contributed by atoms with Gasteiger partial charge < -0.3 is 9.80 Å². The summed E-state index contributed by atoms with van der Waals surface area (Å²) >= 11 is 0. The number of fused-ring (bicyclic) bond motifs is 2. The van der Waals surface area contributed by atoms with Crippen molar-refractivity contribution in [3.05, 3.63) is 0 Å². The summed E-state index contributed by atoms with van der Waals surface area (Å²) in [6.07, 6.45) is 5.92. The van der Waals surface area contributed by atoms with Gasteiger partial charge in [0.05, 0.1) is 0 Å². The standard InChI is InChI=1S/C17H28N2O2/c1-12(2)16(20)18-6-3-7-19(9-8-18)17(21)15-11-13-4-5-14(15)10-13/h12-15H,3-11H2,1-2H3/t13-,14-,15-/m1/s1. The molecule has 21 heavy (non-hydrogen) atoms. The molecule has 0 N–H and O–H groups in total. The molecule has 4 nitrogen and oxygen atoms in total. The van der Waals surface area contributed by atoms with Gasteiger partial charge in [-0.25, -0.2) is 0 Å². The normalized spacial score (nSPS) is 32.6. The quantitative estimate of drug-likeness (QED) is 0.782. The molecule has 2 amide bonds. The molecule has 2 saturated carbocycles. The minimum atomic E-state index is 0.0535. The molecule has 0 aromatic carbocycles. The molecule has 0 unspecified atom stereocenters. The van der Waals surface area contributed by atoms with Crippen LogP contribution in [0.5, 0.6) is 0 Å². The van der Waals surface area contributed by atoms with E-state index in [9.17, 15) is 9.59 Å². The van der Waals surface area contributed by atoms with Crippen LogP contribution in [0.15, 0.2) is 0 Å². The molecule has 3 aliphatic rings. The topological polar surface area (TPSA) is 40.6 Å². The van der Waals surface area contributed by atoms with Crippen molar-refractivity contribution in [3.8, 4) is 0 Å². The summed E-state index contributed by atoms with van der Waals surface area (Å²) < 4.78 is 0. The maximum atomic E-state index is 12.8. The Bertz CT molecular complexity index is 421. The Balaban J connectivity index is 1.57. The van der Waals surface area contributed by atoms with Gasteiger partial charge in [-0.2, -0.15) is 0 Å². The number of nitrogens with zero attached hydrogens (tertiary/aromatic N) is 2. The van der Waals surface area contributed by atoms with E-state index in [-0.39, 0.29) is 17.7 Å².